The van der Waals surface area contributed by atoms with Crippen molar-refractivity contribution in [3.8, 4) is 11.3 Å². The van der Waals surface area contributed by atoms with Crippen molar-refractivity contribution in [3.63, 3.8) is 0 Å². The smallest absolute Gasteiger partial charge is 0.414 e. The van der Waals surface area contributed by atoms with Gasteiger partial charge in [0, 0.05) is 12.1 Å². The van der Waals surface area contributed by atoms with E-state index in [1.165, 1.54) is 0 Å². The quantitative estimate of drug-likeness (QED) is 0.787. The van der Waals surface area contributed by atoms with E-state index in [-0.39, 0.29) is 6.09 Å². The van der Waals surface area contributed by atoms with Crippen LogP contribution in [0.3, 0.4) is 0 Å². The Balaban J connectivity index is 2.10. The molecule has 19 heavy (non-hydrogen) atoms. The lowest BCUT2D eigenvalue weighted by Gasteiger charge is -2.26. The molecule has 3 aliphatic rings. The molecule has 0 fully saturated rings. The SMILES string of the molecule is CCOC(=O)N1CCCc2nc3cccccc-3c21. The summed E-state index contributed by atoms with van der Waals surface area (Å²) in [7, 11) is 0. The van der Waals surface area contributed by atoms with Gasteiger partial charge >= 0.3 is 6.09 Å². The molecule has 0 spiro atoms. The summed E-state index contributed by atoms with van der Waals surface area (Å²) < 4.78 is 5.14. The Morgan fingerprint density at radius 3 is 3.05 bits per heavy atom. The summed E-state index contributed by atoms with van der Waals surface area (Å²) in [6.07, 6.45) is 1.58. The lowest BCUT2D eigenvalue weighted by molar-refractivity contribution is 0.159. The van der Waals surface area contributed by atoms with E-state index in [0.29, 0.717) is 13.2 Å². The number of carbonyl (C=O) groups excluding carboxylic acids is 1. The van der Waals surface area contributed by atoms with Crippen LogP contribution in [-0.2, 0) is 11.2 Å². The first-order valence-electron chi connectivity index (χ1n) is 6.63. The summed E-state index contributed by atoms with van der Waals surface area (Å²) in [5.74, 6) is 0. The second kappa shape index (κ2) is 4.88. The van der Waals surface area contributed by atoms with Gasteiger partial charge in [-0.2, -0.15) is 0 Å². The van der Waals surface area contributed by atoms with E-state index in [1.807, 2.05) is 37.3 Å². The molecule has 0 saturated heterocycles. The molecule has 98 valence electrons. The van der Waals surface area contributed by atoms with Crippen molar-refractivity contribution < 1.29 is 9.53 Å². The van der Waals surface area contributed by atoms with Gasteiger partial charge in [0.2, 0.25) is 0 Å². The molecule has 0 saturated carbocycles. The van der Waals surface area contributed by atoms with Gasteiger partial charge < -0.3 is 4.74 Å². The molecule has 1 amide bonds. The van der Waals surface area contributed by atoms with Gasteiger partial charge in [0.05, 0.1) is 23.7 Å². The molecule has 0 aromatic rings. The fourth-order valence-electron chi connectivity index (χ4n) is 2.57. The highest BCUT2D eigenvalue weighted by molar-refractivity contribution is 5.96. The maximum atomic E-state index is 12.1. The number of ether oxygens (including phenoxy) is 1. The Labute approximate surface area is 112 Å². The average Bonchev–Trinajstić information content (AvgIpc) is 2.61. The van der Waals surface area contributed by atoms with Gasteiger partial charge in [-0.05, 0) is 25.8 Å². The zero-order chi connectivity index (χ0) is 13.2. The van der Waals surface area contributed by atoms with E-state index in [1.54, 1.807) is 4.90 Å². The van der Waals surface area contributed by atoms with E-state index in [9.17, 15) is 4.79 Å². The third-order valence-electron chi connectivity index (χ3n) is 3.35. The Morgan fingerprint density at radius 2 is 2.21 bits per heavy atom. The first-order valence-corrected chi connectivity index (χ1v) is 6.63. The van der Waals surface area contributed by atoms with Crippen LogP contribution in [-0.4, -0.2) is 24.2 Å². The summed E-state index contributed by atoms with van der Waals surface area (Å²) in [6.45, 7) is 2.92. The average molecular weight is 256 g/mol. The van der Waals surface area contributed by atoms with Crippen LogP contribution >= 0.6 is 0 Å². The van der Waals surface area contributed by atoms with Crippen molar-refractivity contribution in [2.75, 3.05) is 18.1 Å². The maximum absolute atomic E-state index is 12.1. The molecule has 2 aliphatic heterocycles. The minimum Gasteiger partial charge on any atom is -0.449 e. The number of nitrogens with zero attached hydrogens (tertiary/aromatic N) is 2. The normalized spacial score (nSPS) is 14.3. The number of anilines is 1. The molecule has 0 N–H and O–H groups in total. The molecule has 3 rings (SSSR count). The van der Waals surface area contributed by atoms with E-state index in [4.69, 9.17) is 4.74 Å². The number of rotatable bonds is 1. The predicted molar refractivity (Wildman–Crippen MR) is 73.5 cm³/mol. The monoisotopic (exact) mass is 256 g/mol. The number of hydrogen-bond acceptors (Lipinski definition) is 3. The number of carbonyl (C=O) groups is 1. The third-order valence-corrected chi connectivity index (χ3v) is 3.35. The second-order valence-electron chi connectivity index (χ2n) is 4.57. The highest BCUT2D eigenvalue weighted by Crippen LogP contribution is 2.38. The van der Waals surface area contributed by atoms with Crippen LogP contribution in [0.5, 0.6) is 0 Å². The zero-order valence-electron chi connectivity index (χ0n) is 10.9. The highest BCUT2D eigenvalue weighted by Gasteiger charge is 2.29. The summed E-state index contributed by atoms with van der Waals surface area (Å²) >= 11 is 0. The minimum absolute atomic E-state index is 0.274. The summed E-state index contributed by atoms with van der Waals surface area (Å²) in [5.41, 5.74) is 3.88. The minimum atomic E-state index is -0.274. The molecule has 0 aromatic heterocycles. The van der Waals surface area contributed by atoms with Crippen molar-refractivity contribution >= 4 is 11.8 Å². The van der Waals surface area contributed by atoms with E-state index in [2.05, 4.69) is 4.98 Å². The van der Waals surface area contributed by atoms with Crippen molar-refractivity contribution in [2.24, 2.45) is 0 Å². The molecule has 4 heteroatoms. The first kappa shape index (κ1) is 12.0. The number of hydrogen-bond donors (Lipinski definition) is 0. The molecular weight excluding hydrogens is 240 g/mol. The highest BCUT2D eigenvalue weighted by atomic mass is 16.6. The molecule has 0 bridgehead atoms. The zero-order valence-corrected chi connectivity index (χ0v) is 10.9. The van der Waals surface area contributed by atoms with E-state index in [0.717, 1.165) is 35.5 Å². The van der Waals surface area contributed by atoms with E-state index < -0.39 is 0 Å². The van der Waals surface area contributed by atoms with Crippen molar-refractivity contribution in [1.29, 1.82) is 0 Å². The first-order chi connectivity index (χ1) is 9.31. The molecule has 0 unspecified atom stereocenters. The fraction of sp³-hybridized carbons (Fsp3) is 0.333. The van der Waals surface area contributed by atoms with Gasteiger partial charge in [-0.3, -0.25) is 9.88 Å². The second-order valence-corrected chi connectivity index (χ2v) is 4.57. The van der Waals surface area contributed by atoms with Gasteiger partial charge in [0.1, 0.15) is 0 Å². The van der Waals surface area contributed by atoms with Gasteiger partial charge in [0.15, 0.2) is 0 Å². The van der Waals surface area contributed by atoms with Gasteiger partial charge in [-0.15, -0.1) is 0 Å². The summed E-state index contributed by atoms with van der Waals surface area (Å²) in [5, 5.41) is 0. The summed E-state index contributed by atoms with van der Waals surface area (Å²) in [4.78, 5) is 18.4. The van der Waals surface area contributed by atoms with Crippen molar-refractivity contribution in [3.05, 3.63) is 36.0 Å². The molecule has 0 radical (unpaired) electrons. The molecular formula is C15H16N2O2. The molecule has 2 heterocycles. The van der Waals surface area contributed by atoms with E-state index >= 15 is 0 Å². The Hall–Kier alpha value is -2.10. The van der Waals surface area contributed by atoms with Crippen LogP contribution in [0.4, 0.5) is 10.5 Å². The predicted octanol–water partition coefficient (Wildman–Crippen LogP) is 3.10. The largest absolute Gasteiger partial charge is 0.449 e. The number of aryl methyl sites for hydroxylation is 1. The molecule has 0 atom stereocenters. The van der Waals surface area contributed by atoms with Crippen molar-refractivity contribution in [1.82, 2.24) is 4.98 Å². The fourth-order valence-corrected chi connectivity index (χ4v) is 2.57. The summed E-state index contributed by atoms with van der Waals surface area (Å²) in [6, 6.07) is 9.90. The molecule has 0 aromatic carbocycles. The Bertz CT molecular complexity index is 582. The van der Waals surface area contributed by atoms with Gasteiger partial charge in [0.25, 0.3) is 0 Å². The van der Waals surface area contributed by atoms with Gasteiger partial charge in [-0.25, -0.2) is 4.79 Å². The lowest BCUT2D eigenvalue weighted by atomic mass is 10.1. The van der Waals surface area contributed by atoms with Gasteiger partial charge in [-0.1, -0.05) is 24.3 Å². The van der Waals surface area contributed by atoms with Crippen molar-refractivity contribution in [2.45, 2.75) is 19.8 Å². The maximum Gasteiger partial charge on any atom is 0.414 e. The number of amides is 1. The van der Waals surface area contributed by atoms with Crippen LogP contribution in [0.1, 0.15) is 19.0 Å². The van der Waals surface area contributed by atoms with Crippen LogP contribution in [0.2, 0.25) is 0 Å². The van der Waals surface area contributed by atoms with Crippen LogP contribution in [0.25, 0.3) is 11.3 Å². The lowest BCUT2D eigenvalue weighted by Crippen LogP contribution is -2.35. The number of aromatic nitrogens is 1. The third kappa shape index (κ3) is 2.03. The molecule has 4 nitrogen and oxygen atoms in total. The Morgan fingerprint density at radius 1 is 1.37 bits per heavy atom. The molecule has 1 aliphatic carbocycles. The van der Waals surface area contributed by atoms with Crippen LogP contribution in [0.15, 0.2) is 30.3 Å². The Kier molecular flexibility index (Phi) is 3.07. The van der Waals surface area contributed by atoms with Crippen LogP contribution < -0.4 is 4.90 Å². The standard InChI is InChI=1S/C15H16N2O2/c1-2-19-15(18)17-10-6-9-13-14(17)11-7-4-3-5-8-12(11)16-13/h3-5,7-8H,2,6,9-10H2,1H3. The van der Waals surface area contributed by atoms with Crippen LogP contribution in [0, 0.1) is 0 Å². The number of fused-ring (bicyclic) bond motifs is 3. The topological polar surface area (TPSA) is 42.4 Å².